The van der Waals surface area contributed by atoms with Gasteiger partial charge >= 0.3 is 0 Å². The summed E-state index contributed by atoms with van der Waals surface area (Å²) < 4.78 is 53.8. The number of amides is 1. The predicted molar refractivity (Wildman–Crippen MR) is 105 cm³/mol. The van der Waals surface area contributed by atoms with Crippen LogP contribution in [0.1, 0.15) is 10.4 Å². The molecule has 0 N–H and O–H groups in total. The van der Waals surface area contributed by atoms with Gasteiger partial charge in [0.15, 0.2) is 11.6 Å². The average Bonchev–Trinajstić information content (AvgIpc) is 2.75. The lowest BCUT2D eigenvalue weighted by Gasteiger charge is -2.34. The smallest absolute Gasteiger partial charge is 0.254 e. The third-order valence-corrected chi connectivity index (χ3v) is 6.95. The minimum absolute atomic E-state index is 0.0368. The molecule has 1 amide bonds. The van der Waals surface area contributed by atoms with Crippen LogP contribution in [0.4, 0.5) is 8.78 Å². The predicted octanol–water partition coefficient (Wildman–Crippen LogP) is 3.26. The number of rotatable bonds is 3. The van der Waals surface area contributed by atoms with Gasteiger partial charge in [0.1, 0.15) is 0 Å². The Labute approximate surface area is 167 Å². The molecule has 3 aromatic rings. The van der Waals surface area contributed by atoms with Crippen molar-refractivity contribution < 1.29 is 22.0 Å². The van der Waals surface area contributed by atoms with Gasteiger partial charge in [0.2, 0.25) is 10.0 Å². The zero-order valence-electron chi connectivity index (χ0n) is 15.4. The van der Waals surface area contributed by atoms with E-state index >= 15 is 0 Å². The van der Waals surface area contributed by atoms with E-state index in [-0.39, 0.29) is 36.6 Å². The van der Waals surface area contributed by atoms with E-state index in [1.807, 2.05) is 24.3 Å². The van der Waals surface area contributed by atoms with Crippen molar-refractivity contribution >= 4 is 26.7 Å². The van der Waals surface area contributed by atoms with Crippen LogP contribution in [0.2, 0.25) is 0 Å². The van der Waals surface area contributed by atoms with Crippen LogP contribution in [0.5, 0.6) is 0 Å². The van der Waals surface area contributed by atoms with Crippen LogP contribution in [-0.2, 0) is 10.0 Å². The first-order chi connectivity index (χ1) is 13.9. The number of carbonyl (C=O) groups excluding carboxylic acids is 1. The molecule has 1 heterocycles. The van der Waals surface area contributed by atoms with E-state index in [2.05, 4.69) is 0 Å². The number of piperazine rings is 1. The van der Waals surface area contributed by atoms with Crippen LogP contribution in [-0.4, -0.2) is 49.7 Å². The van der Waals surface area contributed by atoms with Crippen LogP contribution < -0.4 is 0 Å². The van der Waals surface area contributed by atoms with Crippen LogP contribution in [0, 0.1) is 11.6 Å². The number of sulfonamides is 1. The Kier molecular flexibility index (Phi) is 5.06. The van der Waals surface area contributed by atoms with Crippen molar-refractivity contribution in [3.63, 3.8) is 0 Å². The van der Waals surface area contributed by atoms with Gasteiger partial charge in [-0.15, -0.1) is 0 Å². The zero-order valence-corrected chi connectivity index (χ0v) is 16.2. The SMILES string of the molecule is O=C(c1ccc(F)c(F)c1)N1CCN(S(=O)(=O)c2ccc3ccccc3c2)CC1. The summed E-state index contributed by atoms with van der Waals surface area (Å²) in [6.07, 6.45) is 0. The standard InChI is InChI=1S/C21H18F2N2O3S/c22-19-8-6-17(14-20(19)23)21(26)24-9-11-25(12-10-24)29(27,28)18-7-5-15-3-1-2-4-16(15)13-18/h1-8,13-14H,9-12H2. The molecular formula is C21H18F2N2O3S. The van der Waals surface area contributed by atoms with E-state index in [4.69, 9.17) is 0 Å². The summed E-state index contributed by atoms with van der Waals surface area (Å²) in [6, 6.07) is 15.5. The van der Waals surface area contributed by atoms with Gasteiger partial charge in [-0.3, -0.25) is 4.79 Å². The summed E-state index contributed by atoms with van der Waals surface area (Å²) in [6.45, 7) is 0.602. The summed E-state index contributed by atoms with van der Waals surface area (Å²) in [5, 5.41) is 1.79. The van der Waals surface area contributed by atoms with Gasteiger partial charge < -0.3 is 4.90 Å². The largest absolute Gasteiger partial charge is 0.336 e. The van der Waals surface area contributed by atoms with E-state index in [1.54, 1.807) is 18.2 Å². The molecule has 1 saturated heterocycles. The molecule has 0 aliphatic carbocycles. The van der Waals surface area contributed by atoms with Gasteiger partial charge in [-0.2, -0.15) is 4.31 Å². The maximum Gasteiger partial charge on any atom is 0.254 e. The minimum atomic E-state index is -3.69. The highest BCUT2D eigenvalue weighted by molar-refractivity contribution is 7.89. The van der Waals surface area contributed by atoms with Crippen molar-refractivity contribution in [2.24, 2.45) is 0 Å². The molecule has 0 unspecified atom stereocenters. The summed E-state index contributed by atoms with van der Waals surface area (Å²) in [5.74, 6) is -2.56. The number of fused-ring (bicyclic) bond motifs is 1. The maximum atomic E-state index is 13.4. The monoisotopic (exact) mass is 416 g/mol. The Morgan fingerprint density at radius 3 is 2.17 bits per heavy atom. The highest BCUT2D eigenvalue weighted by Crippen LogP contribution is 2.23. The number of carbonyl (C=O) groups is 1. The quantitative estimate of drug-likeness (QED) is 0.659. The van der Waals surface area contributed by atoms with Crippen LogP contribution in [0.25, 0.3) is 10.8 Å². The second-order valence-electron chi connectivity index (χ2n) is 6.83. The van der Waals surface area contributed by atoms with Gasteiger partial charge in [0.05, 0.1) is 4.90 Å². The highest BCUT2D eigenvalue weighted by Gasteiger charge is 2.30. The number of hydrogen-bond donors (Lipinski definition) is 0. The molecule has 0 spiro atoms. The molecular weight excluding hydrogens is 398 g/mol. The fraction of sp³-hybridized carbons (Fsp3) is 0.190. The van der Waals surface area contributed by atoms with Crippen molar-refractivity contribution in [1.82, 2.24) is 9.21 Å². The second-order valence-corrected chi connectivity index (χ2v) is 8.77. The van der Waals surface area contributed by atoms with Crippen molar-refractivity contribution in [3.8, 4) is 0 Å². The van der Waals surface area contributed by atoms with Gasteiger partial charge in [-0.05, 0) is 41.1 Å². The average molecular weight is 416 g/mol. The number of nitrogens with zero attached hydrogens (tertiary/aromatic N) is 2. The highest BCUT2D eigenvalue weighted by atomic mass is 32.2. The van der Waals surface area contributed by atoms with Crippen molar-refractivity contribution in [1.29, 1.82) is 0 Å². The van der Waals surface area contributed by atoms with Crippen LogP contribution >= 0.6 is 0 Å². The first-order valence-corrected chi connectivity index (χ1v) is 10.5. The normalized spacial score (nSPS) is 15.6. The molecule has 0 aromatic heterocycles. The third kappa shape index (κ3) is 3.73. The Morgan fingerprint density at radius 1 is 0.793 bits per heavy atom. The molecule has 1 aliphatic rings. The van der Waals surface area contributed by atoms with Crippen molar-refractivity contribution in [2.75, 3.05) is 26.2 Å². The Bertz CT molecular complexity index is 1190. The van der Waals surface area contributed by atoms with E-state index < -0.39 is 27.6 Å². The van der Waals surface area contributed by atoms with Crippen LogP contribution in [0.15, 0.2) is 65.6 Å². The van der Waals surface area contributed by atoms with Gasteiger partial charge in [0, 0.05) is 31.7 Å². The van der Waals surface area contributed by atoms with Crippen molar-refractivity contribution in [3.05, 3.63) is 77.9 Å². The first-order valence-electron chi connectivity index (χ1n) is 9.09. The summed E-state index contributed by atoms with van der Waals surface area (Å²) in [5.41, 5.74) is 0.0368. The molecule has 0 atom stereocenters. The fourth-order valence-electron chi connectivity index (χ4n) is 3.42. The number of benzene rings is 3. The molecule has 4 rings (SSSR count). The van der Waals surface area contributed by atoms with E-state index in [0.29, 0.717) is 0 Å². The minimum Gasteiger partial charge on any atom is -0.336 e. The maximum absolute atomic E-state index is 13.4. The van der Waals surface area contributed by atoms with Gasteiger partial charge in [-0.25, -0.2) is 17.2 Å². The first kappa shape index (κ1) is 19.5. The van der Waals surface area contributed by atoms with Gasteiger partial charge in [-0.1, -0.05) is 30.3 Å². The van der Waals surface area contributed by atoms with E-state index in [9.17, 15) is 22.0 Å². The van der Waals surface area contributed by atoms with E-state index in [1.165, 1.54) is 15.3 Å². The zero-order chi connectivity index (χ0) is 20.6. The molecule has 8 heteroatoms. The van der Waals surface area contributed by atoms with E-state index in [0.717, 1.165) is 22.9 Å². The topological polar surface area (TPSA) is 57.7 Å². The molecule has 0 bridgehead atoms. The summed E-state index contributed by atoms with van der Waals surface area (Å²) in [4.78, 5) is 14.2. The lowest BCUT2D eigenvalue weighted by atomic mass is 10.1. The number of halogens is 2. The van der Waals surface area contributed by atoms with Gasteiger partial charge in [0.25, 0.3) is 5.91 Å². The molecule has 150 valence electrons. The molecule has 1 aliphatic heterocycles. The lowest BCUT2D eigenvalue weighted by Crippen LogP contribution is -2.50. The fourth-order valence-corrected chi connectivity index (χ4v) is 4.88. The molecule has 0 saturated carbocycles. The molecule has 5 nitrogen and oxygen atoms in total. The third-order valence-electron chi connectivity index (χ3n) is 5.05. The second kappa shape index (κ2) is 7.53. The summed E-state index contributed by atoms with van der Waals surface area (Å²) in [7, 11) is -3.69. The Hall–Kier alpha value is -2.84. The molecule has 3 aromatic carbocycles. The molecule has 0 radical (unpaired) electrons. The lowest BCUT2D eigenvalue weighted by molar-refractivity contribution is 0.0697. The Balaban J connectivity index is 1.49. The Morgan fingerprint density at radius 2 is 1.48 bits per heavy atom. The van der Waals surface area contributed by atoms with Crippen LogP contribution in [0.3, 0.4) is 0 Å². The summed E-state index contributed by atoms with van der Waals surface area (Å²) >= 11 is 0. The number of hydrogen-bond acceptors (Lipinski definition) is 3. The molecule has 1 fully saturated rings. The van der Waals surface area contributed by atoms with Crippen molar-refractivity contribution in [2.45, 2.75) is 4.90 Å². The molecule has 29 heavy (non-hydrogen) atoms.